The molecule has 1 aromatic rings. The molecular formula is C15H22N2O3S. The van der Waals surface area contributed by atoms with Crippen LogP contribution in [0.2, 0.25) is 0 Å². The van der Waals surface area contributed by atoms with Crippen LogP contribution in [0.5, 0.6) is 0 Å². The second kappa shape index (κ2) is 8.26. The molecule has 5 nitrogen and oxygen atoms in total. The maximum absolute atomic E-state index is 12.1. The third kappa shape index (κ3) is 5.57. The van der Waals surface area contributed by atoms with Gasteiger partial charge in [0.2, 0.25) is 0 Å². The fourth-order valence-corrected chi connectivity index (χ4v) is 2.94. The lowest BCUT2D eigenvalue weighted by molar-refractivity contribution is 0.0383. The van der Waals surface area contributed by atoms with Crippen molar-refractivity contribution in [2.45, 2.75) is 5.75 Å². The molecule has 0 saturated carbocycles. The van der Waals surface area contributed by atoms with Gasteiger partial charge in [-0.3, -0.25) is 13.9 Å². The van der Waals surface area contributed by atoms with Gasteiger partial charge in [0.15, 0.2) is 0 Å². The third-order valence-electron chi connectivity index (χ3n) is 3.38. The van der Waals surface area contributed by atoms with Crippen molar-refractivity contribution in [1.82, 2.24) is 10.2 Å². The quantitative estimate of drug-likeness (QED) is 0.837. The number of ether oxygens (including phenoxy) is 1. The van der Waals surface area contributed by atoms with Gasteiger partial charge >= 0.3 is 0 Å². The van der Waals surface area contributed by atoms with E-state index in [0.717, 1.165) is 38.4 Å². The molecule has 1 aliphatic rings. The fourth-order valence-electron chi connectivity index (χ4n) is 2.29. The van der Waals surface area contributed by atoms with Crippen LogP contribution >= 0.6 is 0 Å². The molecule has 1 fully saturated rings. The molecule has 1 saturated heterocycles. The minimum absolute atomic E-state index is 0.0769. The van der Waals surface area contributed by atoms with Crippen molar-refractivity contribution in [2.24, 2.45) is 0 Å². The summed E-state index contributed by atoms with van der Waals surface area (Å²) < 4.78 is 16.5. The summed E-state index contributed by atoms with van der Waals surface area (Å²) in [7, 11) is -0.897. The number of hydrogen-bond donors (Lipinski definition) is 1. The van der Waals surface area contributed by atoms with Crippen molar-refractivity contribution in [3.8, 4) is 0 Å². The second-order valence-corrected chi connectivity index (χ2v) is 6.56. The Morgan fingerprint density at radius 3 is 2.86 bits per heavy atom. The monoisotopic (exact) mass is 310 g/mol. The number of benzene rings is 1. The Labute approximate surface area is 128 Å². The lowest BCUT2D eigenvalue weighted by Gasteiger charge is -2.26. The average molecular weight is 310 g/mol. The van der Waals surface area contributed by atoms with E-state index in [0.29, 0.717) is 17.9 Å². The highest BCUT2D eigenvalue weighted by Crippen LogP contribution is 2.07. The smallest absolute Gasteiger partial charge is 0.251 e. The standard InChI is InChI=1S/C15H22N2O3S/c1-21(19)12-13-3-2-4-14(11-13)15(18)16-5-6-17-7-9-20-10-8-17/h2-4,11H,5-10,12H2,1H3,(H,16,18). The Morgan fingerprint density at radius 1 is 1.38 bits per heavy atom. The van der Waals surface area contributed by atoms with Gasteiger partial charge in [0, 0.05) is 54.6 Å². The summed E-state index contributed by atoms with van der Waals surface area (Å²) in [6.45, 7) is 4.85. The molecule has 2 rings (SSSR count). The molecule has 6 heteroatoms. The van der Waals surface area contributed by atoms with Crippen LogP contribution in [0.15, 0.2) is 24.3 Å². The van der Waals surface area contributed by atoms with Gasteiger partial charge in [-0.25, -0.2) is 0 Å². The largest absolute Gasteiger partial charge is 0.379 e. The summed E-state index contributed by atoms with van der Waals surface area (Å²) in [5.74, 6) is 0.404. The maximum Gasteiger partial charge on any atom is 0.251 e. The van der Waals surface area contributed by atoms with Crippen molar-refractivity contribution < 1.29 is 13.7 Å². The second-order valence-electron chi connectivity index (χ2n) is 5.13. The minimum Gasteiger partial charge on any atom is -0.379 e. The number of morpholine rings is 1. The van der Waals surface area contributed by atoms with E-state index in [1.807, 2.05) is 18.2 Å². The van der Waals surface area contributed by atoms with E-state index in [2.05, 4.69) is 10.2 Å². The molecule has 0 bridgehead atoms. The van der Waals surface area contributed by atoms with Gasteiger partial charge in [-0.05, 0) is 17.7 Å². The van der Waals surface area contributed by atoms with Crippen LogP contribution in [-0.2, 0) is 21.3 Å². The molecule has 0 spiro atoms. The first-order valence-corrected chi connectivity index (χ1v) is 8.85. The van der Waals surface area contributed by atoms with Crippen LogP contribution in [0.25, 0.3) is 0 Å². The lowest BCUT2D eigenvalue weighted by Crippen LogP contribution is -2.41. The summed E-state index contributed by atoms with van der Waals surface area (Å²) in [5, 5.41) is 2.93. The van der Waals surface area contributed by atoms with Crippen LogP contribution in [-0.4, -0.2) is 60.7 Å². The van der Waals surface area contributed by atoms with E-state index >= 15 is 0 Å². The minimum atomic E-state index is -0.897. The van der Waals surface area contributed by atoms with Crippen molar-refractivity contribution >= 4 is 16.7 Å². The van der Waals surface area contributed by atoms with E-state index < -0.39 is 10.8 Å². The molecular weight excluding hydrogens is 288 g/mol. The number of amides is 1. The molecule has 1 N–H and O–H groups in total. The Morgan fingerprint density at radius 2 is 2.14 bits per heavy atom. The zero-order valence-electron chi connectivity index (χ0n) is 12.3. The third-order valence-corrected chi connectivity index (χ3v) is 4.12. The number of nitrogens with zero attached hydrogens (tertiary/aromatic N) is 1. The van der Waals surface area contributed by atoms with Gasteiger partial charge in [-0.15, -0.1) is 0 Å². The summed E-state index contributed by atoms with van der Waals surface area (Å²) in [4.78, 5) is 14.4. The summed E-state index contributed by atoms with van der Waals surface area (Å²) in [6.07, 6.45) is 1.66. The number of rotatable bonds is 6. The van der Waals surface area contributed by atoms with Crippen molar-refractivity contribution in [2.75, 3.05) is 45.6 Å². The number of carbonyl (C=O) groups excluding carboxylic acids is 1. The highest BCUT2D eigenvalue weighted by molar-refractivity contribution is 7.83. The highest BCUT2D eigenvalue weighted by atomic mass is 32.2. The number of hydrogen-bond acceptors (Lipinski definition) is 4. The zero-order chi connectivity index (χ0) is 15.1. The Bertz CT molecular complexity index is 501. The molecule has 1 aliphatic heterocycles. The predicted molar refractivity (Wildman–Crippen MR) is 83.8 cm³/mol. The van der Waals surface area contributed by atoms with Crippen molar-refractivity contribution in [1.29, 1.82) is 0 Å². The molecule has 1 aromatic carbocycles. The Hall–Kier alpha value is -1.24. The van der Waals surface area contributed by atoms with E-state index in [-0.39, 0.29) is 5.91 Å². The predicted octanol–water partition coefficient (Wildman–Crippen LogP) is 0.627. The molecule has 1 heterocycles. The first kappa shape index (κ1) is 16.1. The SMILES string of the molecule is CS(=O)Cc1cccc(C(=O)NCCN2CCOCC2)c1. The average Bonchev–Trinajstić information content (AvgIpc) is 2.48. The molecule has 0 aliphatic carbocycles. The van der Waals surface area contributed by atoms with Gasteiger partial charge in [0.05, 0.1) is 13.2 Å². The topological polar surface area (TPSA) is 58.6 Å². The van der Waals surface area contributed by atoms with Crippen LogP contribution < -0.4 is 5.32 Å². The van der Waals surface area contributed by atoms with Crippen LogP contribution in [0.3, 0.4) is 0 Å². The van der Waals surface area contributed by atoms with Crippen molar-refractivity contribution in [3.05, 3.63) is 35.4 Å². The summed E-state index contributed by atoms with van der Waals surface area (Å²) in [5.41, 5.74) is 1.55. The lowest BCUT2D eigenvalue weighted by atomic mass is 10.1. The van der Waals surface area contributed by atoms with Gasteiger partial charge in [0.1, 0.15) is 0 Å². The molecule has 1 atom stereocenters. The van der Waals surface area contributed by atoms with E-state index in [4.69, 9.17) is 4.74 Å². The van der Waals surface area contributed by atoms with Crippen LogP contribution in [0.1, 0.15) is 15.9 Å². The first-order chi connectivity index (χ1) is 10.1. The van der Waals surface area contributed by atoms with Gasteiger partial charge in [-0.1, -0.05) is 12.1 Å². The maximum atomic E-state index is 12.1. The Kier molecular flexibility index (Phi) is 6.35. The fraction of sp³-hybridized carbons (Fsp3) is 0.533. The molecule has 1 amide bonds. The van der Waals surface area contributed by atoms with Crippen LogP contribution in [0.4, 0.5) is 0 Å². The van der Waals surface area contributed by atoms with Gasteiger partial charge < -0.3 is 10.1 Å². The molecule has 116 valence electrons. The molecule has 0 radical (unpaired) electrons. The van der Waals surface area contributed by atoms with E-state index in [1.54, 1.807) is 12.3 Å². The van der Waals surface area contributed by atoms with Gasteiger partial charge in [-0.2, -0.15) is 0 Å². The molecule has 1 unspecified atom stereocenters. The summed E-state index contributed by atoms with van der Waals surface area (Å²) in [6, 6.07) is 7.32. The number of nitrogens with one attached hydrogen (secondary N) is 1. The van der Waals surface area contributed by atoms with E-state index in [9.17, 15) is 9.00 Å². The van der Waals surface area contributed by atoms with Gasteiger partial charge in [0.25, 0.3) is 5.91 Å². The van der Waals surface area contributed by atoms with E-state index in [1.165, 1.54) is 0 Å². The Balaban J connectivity index is 1.80. The zero-order valence-corrected chi connectivity index (χ0v) is 13.2. The van der Waals surface area contributed by atoms with Crippen molar-refractivity contribution in [3.63, 3.8) is 0 Å². The normalized spacial score (nSPS) is 17.4. The van der Waals surface area contributed by atoms with Crippen LogP contribution in [0, 0.1) is 0 Å². The first-order valence-electron chi connectivity index (χ1n) is 7.12. The molecule has 0 aromatic heterocycles. The number of carbonyl (C=O) groups is 1. The highest BCUT2D eigenvalue weighted by Gasteiger charge is 2.11. The molecule has 21 heavy (non-hydrogen) atoms. The summed E-state index contributed by atoms with van der Waals surface area (Å²) >= 11 is 0.